The lowest BCUT2D eigenvalue weighted by atomic mass is 9.89. The Hall–Kier alpha value is -2.60. The van der Waals surface area contributed by atoms with Crippen molar-refractivity contribution in [2.45, 2.75) is 72.0 Å². The van der Waals surface area contributed by atoms with Crippen LogP contribution in [-0.4, -0.2) is 48.5 Å². The highest BCUT2D eigenvalue weighted by molar-refractivity contribution is 5.97. The summed E-state index contributed by atoms with van der Waals surface area (Å²) in [5, 5.41) is 2.96. The first-order valence-electron chi connectivity index (χ1n) is 11.7. The summed E-state index contributed by atoms with van der Waals surface area (Å²) in [6, 6.07) is 9.06. The lowest BCUT2D eigenvalue weighted by Gasteiger charge is -2.40. The van der Waals surface area contributed by atoms with Gasteiger partial charge in [0.1, 0.15) is 0 Å². The summed E-state index contributed by atoms with van der Waals surface area (Å²) in [6.07, 6.45) is 4.75. The maximum atomic E-state index is 13.0. The minimum absolute atomic E-state index is 0.140. The maximum Gasteiger partial charge on any atom is 0.253 e. The SMILES string of the molecule is CCN(c1cccc(C(=O)NCc2c(C)cc(C)[nH]c2=O)c1C)C1CCC(N(C)C)CC1. The summed E-state index contributed by atoms with van der Waals surface area (Å²) in [5.74, 6) is -0.143. The standard InChI is InChI=1S/C26H38N4O2/c1-7-30(21-13-11-20(12-14-21)29(5)6)24-10-8-9-22(19(24)4)25(31)27-16-23-17(2)15-18(3)28-26(23)32/h8-10,15,20-21H,7,11-14,16H2,1-6H3,(H,27,31)(H,28,32). The van der Waals surface area contributed by atoms with Gasteiger partial charge in [-0.15, -0.1) is 0 Å². The van der Waals surface area contributed by atoms with Crippen LogP contribution >= 0.6 is 0 Å². The van der Waals surface area contributed by atoms with Crippen LogP contribution in [0.1, 0.15) is 65.3 Å². The predicted octanol–water partition coefficient (Wildman–Crippen LogP) is 3.93. The van der Waals surface area contributed by atoms with Crippen molar-refractivity contribution in [2.75, 3.05) is 25.5 Å². The topological polar surface area (TPSA) is 68.4 Å². The van der Waals surface area contributed by atoms with Crippen molar-refractivity contribution in [3.8, 4) is 0 Å². The molecule has 0 aliphatic heterocycles. The van der Waals surface area contributed by atoms with Gasteiger partial charge in [-0.1, -0.05) is 6.07 Å². The fraction of sp³-hybridized carbons (Fsp3) is 0.538. The maximum absolute atomic E-state index is 13.0. The van der Waals surface area contributed by atoms with E-state index >= 15 is 0 Å². The second-order valence-corrected chi connectivity index (χ2v) is 9.29. The highest BCUT2D eigenvalue weighted by atomic mass is 16.1. The van der Waals surface area contributed by atoms with Crippen molar-refractivity contribution in [1.82, 2.24) is 15.2 Å². The Morgan fingerprint density at radius 1 is 1.09 bits per heavy atom. The molecular weight excluding hydrogens is 400 g/mol. The van der Waals surface area contributed by atoms with Crippen molar-refractivity contribution in [2.24, 2.45) is 0 Å². The Morgan fingerprint density at radius 3 is 2.34 bits per heavy atom. The van der Waals surface area contributed by atoms with Crippen LogP contribution in [0.3, 0.4) is 0 Å². The summed E-state index contributed by atoms with van der Waals surface area (Å²) in [7, 11) is 4.33. The van der Waals surface area contributed by atoms with Gasteiger partial charge in [-0.25, -0.2) is 0 Å². The molecule has 2 aromatic rings. The van der Waals surface area contributed by atoms with Crippen LogP contribution in [0.2, 0.25) is 0 Å². The second kappa shape index (κ2) is 10.3. The highest BCUT2D eigenvalue weighted by Crippen LogP contribution is 2.32. The minimum atomic E-state index is -0.143. The molecule has 0 atom stereocenters. The van der Waals surface area contributed by atoms with Crippen LogP contribution in [-0.2, 0) is 6.54 Å². The Kier molecular flexibility index (Phi) is 7.77. The molecule has 1 heterocycles. The van der Waals surface area contributed by atoms with Gasteiger partial charge in [-0.2, -0.15) is 0 Å². The summed E-state index contributed by atoms with van der Waals surface area (Å²) in [5.41, 5.74) is 4.98. The van der Waals surface area contributed by atoms with Crippen LogP contribution in [0.25, 0.3) is 0 Å². The van der Waals surface area contributed by atoms with Gasteiger partial charge in [0.15, 0.2) is 0 Å². The van der Waals surface area contributed by atoms with Crippen molar-refractivity contribution in [3.63, 3.8) is 0 Å². The monoisotopic (exact) mass is 438 g/mol. The van der Waals surface area contributed by atoms with E-state index in [0.29, 0.717) is 23.2 Å². The van der Waals surface area contributed by atoms with Crippen LogP contribution in [0.4, 0.5) is 5.69 Å². The molecule has 0 bridgehead atoms. The molecule has 174 valence electrons. The predicted molar refractivity (Wildman–Crippen MR) is 132 cm³/mol. The molecule has 0 spiro atoms. The second-order valence-electron chi connectivity index (χ2n) is 9.29. The van der Waals surface area contributed by atoms with Gasteiger partial charge in [0, 0.05) is 47.7 Å². The lowest BCUT2D eigenvalue weighted by molar-refractivity contribution is 0.0950. The summed E-state index contributed by atoms with van der Waals surface area (Å²) in [6.45, 7) is 9.12. The van der Waals surface area contributed by atoms with Gasteiger partial charge in [0.25, 0.3) is 11.5 Å². The molecule has 3 rings (SSSR count). The number of nitrogens with one attached hydrogen (secondary N) is 2. The van der Waals surface area contributed by atoms with E-state index in [4.69, 9.17) is 0 Å². The fourth-order valence-corrected chi connectivity index (χ4v) is 5.06. The average molecular weight is 439 g/mol. The molecule has 1 aliphatic rings. The molecule has 6 heteroatoms. The van der Waals surface area contributed by atoms with E-state index in [1.165, 1.54) is 25.7 Å². The molecule has 1 aliphatic carbocycles. The third-order valence-corrected chi connectivity index (χ3v) is 6.96. The molecule has 1 aromatic heterocycles. The zero-order chi connectivity index (χ0) is 23.4. The Bertz CT molecular complexity index is 1000. The summed E-state index contributed by atoms with van der Waals surface area (Å²) in [4.78, 5) is 32.9. The number of hydrogen-bond acceptors (Lipinski definition) is 4. The quantitative estimate of drug-likeness (QED) is 0.687. The normalized spacial score (nSPS) is 18.6. The van der Waals surface area contributed by atoms with E-state index in [2.05, 4.69) is 47.2 Å². The van der Waals surface area contributed by atoms with Gasteiger partial charge < -0.3 is 20.1 Å². The zero-order valence-electron chi connectivity index (χ0n) is 20.4. The summed E-state index contributed by atoms with van der Waals surface area (Å²) < 4.78 is 0. The fourth-order valence-electron chi connectivity index (χ4n) is 5.06. The van der Waals surface area contributed by atoms with Crippen molar-refractivity contribution in [3.05, 3.63) is 62.6 Å². The molecule has 0 saturated heterocycles. The third-order valence-electron chi connectivity index (χ3n) is 6.96. The molecule has 1 amide bonds. The zero-order valence-corrected chi connectivity index (χ0v) is 20.4. The number of carbonyl (C=O) groups is 1. The molecule has 32 heavy (non-hydrogen) atoms. The molecule has 6 nitrogen and oxygen atoms in total. The van der Waals surface area contributed by atoms with E-state index < -0.39 is 0 Å². The van der Waals surface area contributed by atoms with Crippen LogP contribution in [0, 0.1) is 20.8 Å². The lowest BCUT2D eigenvalue weighted by Crippen LogP contribution is -2.42. The van der Waals surface area contributed by atoms with Gasteiger partial charge in [0.2, 0.25) is 0 Å². The average Bonchev–Trinajstić information content (AvgIpc) is 2.75. The number of nitrogens with zero attached hydrogens (tertiary/aromatic N) is 2. The molecule has 1 aromatic carbocycles. The minimum Gasteiger partial charge on any atom is -0.369 e. The van der Waals surface area contributed by atoms with E-state index in [1.54, 1.807) is 0 Å². The third kappa shape index (κ3) is 5.23. The number of anilines is 1. The number of hydrogen-bond donors (Lipinski definition) is 2. The van der Waals surface area contributed by atoms with E-state index in [1.807, 2.05) is 39.0 Å². The molecule has 1 fully saturated rings. The first kappa shape index (κ1) is 24.1. The number of H-pyrrole nitrogens is 1. The molecule has 0 radical (unpaired) electrons. The highest BCUT2D eigenvalue weighted by Gasteiger charge is 2.27. The van der Waals surface area contributed by atoms with Gasteiger partial charge >= 0.3 is 0 Å². The van der Waals surface area contributed by atoms with Gasteiger partial charge in [-0.3, -0.25) is 9.59 Å². The molecular formula is C26H38N4O2. The number of benzene rings is 1. The van der Waals surface area contributed by atoms with Crippen LogP contribution < -0.4 is 15.8 Å². The Labute approximate surface area is 192 Å². The Morgan fingerprint density at radius 2 is 1.75 bits per heavy atom. The number of aromatic nitrogens is 1. The first-order valence-corrected chi connectivity index (χ1v) is 11.7. The Balaban J connectivity index is 1.76. The number of aryl methyl sites for hydroxylation is 2. The summed E-state index contributed by atoms with van der Waals surface area (Å²) >= 11 is 0. The number of carbonyl (C=O) groups excluding carboxylic acids is 1. The first-order chi connectivity index (χ1) is 15.2. The van der Waals surface area contributed by atoms with Crippen molar-refractivity contribution >= 4 is 11.6 Å². The van der Waals surface area contributed by atoms with Crippen LogP contribution in [0.15, 0.2) is 29.1 Å². The number of aromatic amines is 1. The number of amides is 1. The van der Waals surface area contributed by atoms with Gasteiger partial charge in [0.05, 0.1) is 0 Å². The van der Waals surface area contributed by atoms with E-state index in [9.17, 15) is 9.59 Å². The molecule has 2 N–H and O–H groups in total. The molecule has 1 saturated carbocycles. The van der Waals surface area contributed by atoms with E-state index in [-0.39, 0.29) is 18.0 Å². The largest absolute Gasteiger partial charge is 0.369 e. The molecule has 0 unspecified atom stereocenters. The van der Waals surface area contributed by atoms with E-state index in [0.717, 1.165) is 29.1 Å². The number of rotatable bonds is 7. The van der Waals surface area contributed by atoms with Crippen LogP contribution in [0.5, 0.6) is 0 Å². The smallest absolute Gasteiger partial charge is 0.253 e. The number of pyridine rings is 1. The van der Waals surface area contributed by atoms with Crippen molar-refractivity contribution < 1.29 is 4.79 Å². The van der Waals surface area contributed by atoms with Gasteiger partial charge in [-0.05, 0) is 96.8 Å². The van der Waals surface area contributed by atoms with Crippen molar-refractivity contribution in [1.29, 1.82) is 0 Å².